The Labute approximate surface area is 137 Å². The van der Waals surface area contributed by atoms with Crippen molar-refractivity contribution in [2.75, 3.05) is 12.4 Å². The molecule has 8 heteroatoms. The predicted octanol–water partition coefficient (Wildman–Crippen LogP) is 3.15. The molecule has 22 heavy (non-hydrogen) atoms. The number of hydrogen-bond acceptors (Lipinski definition) is 5. The number of nitrogens with one attached hydrogen (secondary N) is 1. The SMILES string of the molecule is CCOC(=O)CCS/C(Cc1ccc(Cl)cc1)=N\NC(=O)O. The minimum Gasteiger partial charge on any atom is -0.466 e. The van der Waals surface area contributed by atoms with Crippen molar-refractivity contribution in [2.24, 2.45) is 5.10 Å². The molecule has 0 radical (unpaired) electrons. The van der Waals surface area contributed by atoms with Crippen molar-refractivity contribution in [3.8, 4) is 0 Å². The molecule has 0 saturated carbocycles. The first kappa shape index (κ1) is 18.3. The molecule has 0 heterocycles. The molecule has 1 aromatic carbocycles. The molecular weight excluding hydrogens is 328 g/mol. The maximum atomic E-state index is 11.3. The Morgan fingerprint density at radius 2 is 2.05 bits per heavy atom. The fourth-order valence-corrected chi connectivity index (χ4v) is 2.50. The summed E-state index contributed by atoms with van der Waals surface area (Å²) in [5.74, 6) is 0.180. The third kappa shape index (κ3) is 7.90. The standard InChI is InChI=1S/C14H17ClN2O4S/c1-2-21-13(18)7-8-22-12(16-17-14(19)20)9-10-3-5-11(15)6-4-10/h3-6,17H,2,7-9H2,1H3,(H,19,20)/b16-12-. The summed E-state index contributed by atoms with van der Waals surface area (Å²) in [4.78, 5) is 21.8. The number of carboxylic acid groups (broad SMARTS) is 1. The molecule has 0 aliphatic heterocycles. The number of ether oxygens (including phenoxy) is 1. The normalized spacial score (nSPS) is 11.1. The van der Waals surface area contributed by atoms with Crippen LogP contribution in [0.5, 0.6) is 0 Å². The van der Waals surface area contributed by atoms with Gasteiger partial charge in [-0.1, -0.05) is 23.7 Å². The van der Waals surface area contributed by atoms with E-state index in [9.17, 15) is 9.59 Å². The first-order valence-corrected chi connectivity index (χ1v) is 7.96. The van der Waals surface area contributed by atoms with Crippen LogP contribution in [0.15, 0.2) is 29.4 Å². The molecular formula is C14H17ClN2O4S. The Balaban J connectivity index is 2.59. The number of halogens is 1. The molecule has 0 fully saturated rings. The van der Waals surface area contributed by atoms with E-state index in [1.807, 2.05) is 17.6 Å². The second-order valence-electron chi connectivity index (χ2n) is 4.13. The summed E-state index contributed by atoms with van der Waals surface area (Å²) in [6.07, 6.45) is -0.546. The minimum atomic E-state index is -1.24. The van der Waals surface area contributed by atoms with Crippen LogP contribution in [0.4, 0.5) is 4.79 Å². The number of nitrogens with zero attached hydrogens (tertiary/aromatic N) is 1. The summed E-state index contributed by atoms with van der Waals surface area (Å²) < 4.78 is 4.84. The summed E-state index contributed by atoms with van der Waals surface area (Å²) >= 11 is 7.13. The number of rotatable bonds is 7. The summed E-state index contributed by atoms with van der Waals surface area (Å²) in [5.41, 5.74) is 2.93. The maximum absolute atomic E-state index is 11.3. The lowest BCUT2D eigenvalue weighted by molar-refractivity contribution is -0.142. The second kappa shape index (κ2) is 10.1. The van der Waals surface area contributed by atoms with Crippen molar-refractivity contribution in [2.45, 2.75) is 19.8 Å². The third-order valence-electron chi connectivity index (χ3n) is 2.43. The first-order chi connectivity index (χ1) is 10.5. The molecule has 0 bridgehead atoms. The number of thioether (sulfide) groups is 1. The molecule has 1 amide bonds. The van der Waals surface area contributed by atoms with Crippen LogP contribution in [0.1, 0.15) is 18.9 Å². The largest absolute Gasteiger partial charge is 0.466 e. The van der Waals surface area contributed by atoms with E-state index in [2.05, 4.69) is 5.10 Å². The van der Waals surface area contributed by atoms with Gasteiger partial charge >= 0.3 is 12.1 Å². The van der Waals surface area contributed by atoms with Crippen molar-refractivity contribution in [3.05, 3.63) is 34.9 Å². The number of amides is 1. The van der Waals surface area contributed by atoms with Crippen molar-refractivity contribution in [1.82, 2.24) is 5.43 Å². The van der Waals surface area contributed by atoms with Crippen LogP contribution in [0.3, 0.4) is 0 Å². The molecule has 6 nitrogen and oxygen atoms in total. The van der Waals surface area contributed by atoms with Gasteiger partial charge in [0.15, 0.2) is 0 Å². The summed E-state index contributed by atoms with van der Waals surface area (Å²) in [6.45, 7) is 2.09. The minimum absolute atomic E-state index is 0.241. The lowest BCUT2D eigenvalue weighted by Crippen LogP contribution is -2.17. The molecule has 120 valence electrons. The number of carbonyl (C=O) groups is 2. The van der Waals surface area contributed by atoms with E-state index in [-0.39, 0.29) is 12.4 Å². The van der Waals surface area contributed by atoms with E-state index in [4.69, 9.17) is 21.4 Å². The number of hydrazone groups is 1. The van der Waals surface area contributed by atoms with Gasteiger partial charge in [0.05, 0.1) is 18.1 Å². The van der Waals surface area contributed by atoms with Gasteiger partial charge in [-0.05, 0) is 24.6 Å². The molecule has 0 atom stereocenters. The van der Waals surface area contributed by atoms with Gasteiger partial charge in [-0.2, -0.15) is 5.10 Å². The molecule has 1 aromatic rings. The summed E-state index contributed by atoms with van der Waals surface area (Å²) in [7, 11) is 0. The van der Waals surface area contributed by atoms with Crippen molar-refractivity contribution in [1.29, 1.82) is 0 Å². The van der Waals surface area contributed by atoms with Gasteiger partial charge in [0.2, 0.25) is 0 Å². The van der Waals surface area contributed by atoms with E-state index in [0.29, 0.717) is 28.8 Å². The fourth-order valence-electron chi connectivity index (χ4n) is 1.50. The molecule has 0 aromatic heterocycles. The van der Waals surface area contributed by atoms with Crippen molar-refractivity contribution in [3.63, 3.8) is 0 Å². The highest BCUT2D eigenvalue weighted by molar-refractivity contribution is 8.13. The van der Waals surface area contributed by atoms with Crippen LogP contribution >= 0.6 is 23.4 Å². The highest BCUT2D eigenvalue weighted by atomic mass is 35.5. The number of esters is 1. The summed E-state index contributed by atoms with van der Waals surface area (Å²) in [6, 6.07) is 7.18. The highest BCUT2D eigenvalue weighted by Crippen LogP contribution is 2.15. The van der Waals surface area contributed by atoms with Crippen molar-refractivity contribution < 1.29 is 19.4 Å². The Morgan fingerprint density at radius 3 is 2.64 bits per heavy atom. The topological polar surface area (TPSA) is 88.0 Å². The van der Waals surface area contributed by atoms with Gasteiger partial charge in [0.25, 0.3) is 0 Å². The average Bonchev–Trinajstić information content (AvgIpc) is 2.47. The molecule has 0 aliphatic carbocycles. The van der Waals surface area contributed by atoms with E-state index in [1.54, 1.807) is 19.1 Å². The Hall–Kier alpha value is -1.73. The van der Waals surface area contributed by atoms with Crippen LogP contribution in [0.2, 0.25) is 5.02 Å². The first-order valence-electron chi connectivity index (χ1n) is 6.59. The smallest absolute Gasteiger partial charge is 0.425 e. The third-order valence-corrected chi connectivity index (χ3v) is 3.65. The monoisotopic (exact) mass is 344 g/mol. The van der Waals surface area contributed by atoms with E-state index in [0.717, 1.165) is 5.56 Å². The Morgan fingerprint density at radius 1 is 1.36 bits per heavy atom. The van der Waals surface area contributed by atoms with Gasteiger partial charge in [0, 0.05) is 17.2 Å². The van der Waals surface area contributed by atoms with Crippen LogP contribution in [0.25, 0.3) is 0 Å². The van der Waals surface area contributed by atoms with Crippen molar-refractivity contribution >= 4 is 40.5 Å². The zero-order valence-electron chi connectivity index (χ0n) is 12.0. The lowest BCUT2D eigenvalue weighted by Gasteiger charge is -2.07. The van der Waals surface area contributed by atoms with Crippen LogP contribution in [0, 0.1) is 0 Å². The maximum Gasteiger partial charge on any atom is 0.425 e. The quantitative estimate of drug-likeness (QED) is 0.343. The van der Waals surface area contributed by atoms with Gasteiger partial charge in [0.1, 0.15) is 0 Å². The zero-order valence-corrected chi connectivity index (χ0v) is 13.6. The highest BCUT2D eigenvalue weighted by Gasteiger charge is 2.07. The van der Waals surface area contributed by atoms with Gasteiger partial charge in [-0.15, -0.1) is 11.8 Å². The Bertz CT molecular complexity index is 534. The molecule has 0 aliphatic rings. The van der Waals surface area contributed by atoms with E-state index < -0.39 is 6.09 Å². The Kier molecular flexibility index (Phi) is 8.39. The number of benzene rings is 1. The van der Waals surface area contributed by atoms with E-state index >= 15 is 0 Å². The molecule has 1 rings (SSSR count). The summed E-state index contributed by atoms with van der Waals surface area (Å²) in [5, 5.41) is 13.6. The van der Waals surface area contributed by atoms with Crippen LogP contribution in [-0.2, 0) is 16.0 Å². The van der Waals surface area contributed by atoms with E-state index in [1.165, 1.54) is 11.8 Å². The predicted molar refractivity (Wildman–Crippen MR) is 87.5 cm³/mol. The molecule has 0 unspecified atom stereocenters. The van der Waals surface area contributed by atoms with Gasteiger partial charge in [-0.25, -0.2) is 10.2 Å². The number of hydrogen-bond donors (Lipinski definition) is 2. The molecule has 2 N–H and O–H groups in total. The lowest BCUT2D eigenvalue weighted by atomic mass is 10.2. The molecule has 0 spiro atoms. The molecule has 0 saturated heterocycles. The van der Waals surface area contributed by atoms with Gasteiger partial charge in [-0.3, -0.25) is 4.79 Å². The van der Waals surface area contributed by atoms with Gasteiger partial charge < -0.3 is 9.84 Å². The van der Waals surface area contributed by atoms with Crippen LogP contribution < -0.4 is 5.43 Å². The number of carbonyl (C=O) groups excluding carboxylic acids is 1. The fraction of sp³-hybridized carbons (Fsp3) is 0.357. The zero-order chi connectivity index (χ0) is 16.4. The second-order valence-corrected chi connectivity index (χ2v) is 5.73. The van der Waals surface area contributed by atoms with Crippen LogP contribution in [-0.4, -0.2) is 34.6 Å². The average molecular weight is 345 g/mol.